The molecule has 0 unspecified atom stereocenters. The minimum Gasteiger partial charge on any atom is -0.380 e. The van der Waals surface area contributed by atoms with Crippen LogP contribution in [0.3, 0.4) is 0 Å². The average molecular weight is 287 g/mol. The fraction of sp³-hybridized carbons (Fsp3) is 0.375. The fourth-order valence-electron chi connectivity index (χ4n) is 2.09. The SMILES string of the molecule is CCNc1nc(C(=O)NCCOCC)cc2ccccc12. The fourth-order valence-corrected chi connectivity index (χ4v) is 2.09. The van der Waals surface area contributed by atoms with Gasteiger partial charge in [-0.15, -0.1) is 0 Å². The van der Waals surface area contributed by atoms with E-state index in [0.717, 1.165) is 23.1 Å². The van der Waals surface area contributed by atoms with Gasteiger partial charge in [0, 0.05) is 25.1 Å². The third-order valence-electron chi connectivity index (χ3n) is 3.05. The van der Waals surface area contributed by atoms with Gasteiger partial charge in [-0.2, -0.15) is 0 Å². The number of fused-ring (bicyclic) bond motifs is 1. The third-order valence-corrected chi connectivity index (χ3v) is 3.05. The maximum absolute atomic E-state index is 12.2. The molecule has 1 aromatic carbocycles. The molecule has 112 valence electrons. The molecule has 1 amide bonds. The van der Waals surface area contributed by atoms with Crippen LogP contribution in [0.2, 0.25) is 0 Å². The highest BCUT2D eigenvalue weighted by molar-refractivity contribution is 6.00. The molecular formula is C16H21N3O2. The molecule has 2 aromatic rings. The Bertz CT molecular complexity index is 613. The highest BCUT2D eigenvalue weighted by Crippen LogP contribution is 2.22. The van der Waals surface area contributed by atoms with Crippen LogP contribution in [0.5, 0.6) is 0 Å². The molecule has 0 aliphatic carbocycles. The lowest BCUT2D eigenvalue weighted by molar-refractivity contribution is 0.0918. The summed E-state index contributed by atoms with van der Waals surface area (Å²) < 4.78 is 5.20. The molecule has 5 nitrogen and oxygen atoms in total. The third kappa shape index (κ3) is 3.92. The smallest absolute Gasteiger partial charge is 0.270 e. The monoisotopic (exact) mass is 287 g/mol. The van der Waals surface area contributed by atoms with E-state index < -0.39 is 0 Å². The first-order valence-corrected chi connectivity index (χ1v) is 7.25. The Hall–Kier alpha value is -2.14. The van der Waals surface area contributed by atoms with Crippen molar-refractivity contribution in [2.75, 3.05) is 31.6 Å². The highest BCUT2D eigenvalue weighted by Gasteiger charge is 2.11. The summed E-state index contributed by atoms with van der Waals surface area (Å²) in [5, 5.41) is 8.04. The van der Waals surface area contributed by atoms with E-state index in [9.17, 15) is 4.79 Å². The second-order valence-corrected chi connectivity index (χ2v) is 4.56. The van der Waals surface area contributed by atoms with Crippen LogP contribution in [0, 0.1) is 0 Å². The predicted molar refractivity (Wildman–Crippen MR) is 84.7 cm³/mol. The number of benzene rings is 1. The maximum atomic E-state index is 12.2. The van der Waals surface area contributed by atoms with Crippen molar-refractivity contribution < 1.29 is 9.53 Å². The van der Waals surface area contributed by atoms with Gasteiger partial charge in [-0.1, -0.05) is 24.3 Å². The van der Waals surface area contributed by atoms with E-state index in [0.29, 0.717) is 25.5 Å². The number of pyridine rings is 1. The highest BCUT2D eigenvalue weighted by atomic mass is 16.5. The van der Waals surface area contributed by atoms with Gasteiger partial charge in [0.15, 0.2) is 0 Å². The van der Waals surface area contributed by atoms with Gasteiger partial charge in [-0.3, -0.25) is 4.79 Å². The van der Waals surface area contributed by atoms with E-state index in [-0.39, 0.29) is 5.91 Å². The molecule has 2 rings (SSSR count). The lowest BCUT2D eigenvalue weighted by Gasteiger charge is -2.10. The zero-order chi connectivity index (χ0) is 15.1. The summed E-state index contributed by atoms with van der Waals surface area (Å²) in [6.07, 6.45) is 0. The number of carbonyl (C=O) groups is 1. The van der Waals surface area contributed by atoms with Gasteiger partial charge in [0.1, 0.15) is 11.5 Å². The molecule has 2 N–H and O–H groups in total. The number of rotatable bonds is 7. The minimum absolute atomic E-state index is 0.181. The van der Waals surface area contributed by atoms with Crippen LogP contribution in [-0.2, 0) is 4.74 Å². The van der Waals surface area contributed by atoms with E-state index in [1.807, 2.05) is 44.2 Å². The molecular weight excluding hydrogens is 266 g/mol. The summed E-state index contributed by atoms with van der Waals surface area (Å²) in [6.45, 7) is 6.33. The Morgan fingerprint density at radius 1 is 1.29 bits per heavy atom. The van der Waals surface area contributed by atoms with Crippen molar-refractivity contribution in [1.82, 2.24) is 10.3 Å². The molecule has 0 saturated carbocycles. The zero-order valence-corrected chi connectivity index (χ0v) is 12.5. The number of hydrogen-bond acceptors (Lipinski definition) is 4. The summed E-state index contributed by atoms with van der Waals surface area (Å²) in [5.74, 6) is 0.560. The number of nitrogens with zero attached hydrogens (tertiary/aromatic N) is 1. The van der Waals surface area contributed by atoms with Crippen molar-refractivity contribution >= 4 is 22.5 Å². The van der Waals surface area contributed by atoms with Gasteiger partial charge in [-0.05, 0) is 25.3 Å². The number of ether oxygens (including phenoxy) is 1. The predicted octanol–water partition coefficient (Wildman–Crippen LogP) is 2.43. The molecule has 5 heteroatoms. The molecule has 1 aromatic heterocycles. The lowest BCUT2D eigenvalue weighted by Crippen LogP contribution is -2.28. The van der Waals surface area contributed by atoms with E-state index in [4.69, 9.17) is 4.74 Å². The topological polar surface area (TPSA) is 63.2 Å². The Balaban J connectivity index is 2.21. The van der Waals surface area contributed by atoms with Gasteiger partial charge < -0.3 is 15.4 Å². The number of anilines is 1. The first kappa shape index (κ1) is 15.3. The van der Waals surface area contributed by atoms with Gasteiger partial charge in [-0.25, -0.2) is 4.98 Å². The van der Waals surface area contributed by atoms with E-state index in [2.05, 4.69) is 15.6 Å². The molecule has 0 saturated heterocycles. The first-order valence-electron chi connectivity index (χ1n) is 7.25. The number of carbonyl (C=O) groups excluding carboxylic acids is 1. The number of aromatic nitrogens is 1. The van der Waals surface area contributed by atoms with E-state index in [1.165, 1.54) is 0 Å². The van der Waals surface area contributed by atoms with Gasteiger partial charge >= 0.3 is 0 Å². The summed E-state index contributed by atoms with van der Waals surface area (Å²) in [5.41, 5.74) is 0.418. The first-order chi connectivity index (χ1) is 10.3. The van der Waals surface area contributed by atoms with Crippen LogP contribution in [0.1, 0.15) is 24.3 Å². The van der Waals surface area contributed by atoms with E-state index in [1.54, 1.807) is 0 Å². The van der Waals surface area contributed by atoms with Gasteiger partial charge in [0.25, 0.3) is 5.91 Å². The average Bonchev–Trinajstić information content (AvgIpc) is 2.51. The second kappa shape index (κ2) is 7.59. The quantitative estimate of drug-likeness (QED) is 0.768. The van der Waals surface area contributed by atoms with Crippen LogP contribution in [0.25, 0.3) is 10.8 Å². The van der Waals surface area contributed by atoms with Crippen LogP contribution >= 0.6 is 0 Å². The molecule has 0 spiro atoms. The molecule has 0 atom stereocenters. The molecule has 0 bridgehead atoms. The molecule has 0 radical (unpaired) electrons. The number of nitrogens with one attached hydrogen (secondary N) is 2. The van der Waals surface area contributed by atoms with Crippen molar-refractivity contribution in [3.8, 4) is 0 Å². The van der Waals surface area contributed by atoms with Crippen LogP contribution in [0.15, 0.2) is 30.3 Å². The van der Waals surface area contributed by atoms with Gasteiger partial charge in [0.2, 0.25) is 0 Å². The van der Waals surface area contributed by atoms with E-state index >= 15 is 0 Å². The van der Waals surface area contributed by atoms with Crippen molar-refractivity contribution in [1.29, 1.82) is 0 Å². The van der Waals surface area contributed by atoms with Crippen LogP contribution in [-0.4, -0.2) is 37.2 Å². The molecule has 0 fully saturated rings. The standard InChI is InChI=1S/C16H21N3O2/c1-3-17-15-13-8-6-5-7-12(13)11-14(19-15)16(20)18-9-10-21-4-2/h5-8,11H,3-4,9-10H2,1-2H3,(H,17,19)(H,18,20). The molecule has 0 aliphatic rings. The summed E-state index contributed by atoms with van der Waals surface area (Å²) >= 11 is 0. The summed E-state index contributed by atoms with van der Waals surface area (Å²) in [4.78, 5) is 16.6. The van der Waals surface area contributed by atoms with Crippen LogP contribution in [0.4, 0.5) is 5.82 Å². The summed E-state index contributed by atoms with van der Waals surface area (Å²) in [6, 6.07) is 9.71. The van der Waals surface area contributed by atoms with Gasteiger partial charge in [0.05, 0.1) is 6.61 Å². The Morgan fingerprint density at radius 3 is 2.86 bits per heavy atom. The Morgan fingerprint density at radius 2 is 2.10 bits per heavy atom. The largest absolute Gasteiger partial charge is 0.380 e. The zero-order valence-electron chi connectivity index (χ0n) is 12.5. The van der Waals surface area contributed by atoms with Crippen molar-refractivity contribution in [2.24, 2.45) is 0 Å². The molecule has 0 aliphatic heterocycles. The van der Waals surface area contributed by atoms with Crippen LogP contribution < -0.4 is 10.6 Å². The Labute approximate surface area is 124 Å². The summed E-state index contributed by atoms with van der Waals surface area (Å²) in [7, 11) is 0. The number of hydrogen-bond donors (Lipinski definition) is 2. The lowest BCUT2D eigenvalue weighted by atomic mass is 10.1. The number of amides is 1. The normalized spacial score (nSPS) is 10.6. The minimum atomic E-state index is -0.181. The Kier molecular flexibility index (Phi) is 5.51. The van der Waals surface area contributed by atoms with Crippen molar-refractivity contribution in [3.63, 3.8) is 0 Å². The molecule has 21 heavy (non-hydrogen) atoms. The van der Waals surface area contributed by atoms with Crippen molar-refractivity contribution in [3.05, 3.63) is 36.0 Å². The second-order valence-electron chi connectivity index (χ2n) is 4.56. The van der Waals surface area contributed by atoms with Crippen molar-refractivity contribution in [2.45, 2.75) is 13.8 Å². The molecule has 1 heterocycles. The maximum Gasteiger partial charge on any atom is 0.270 e.